The highest BCUT2D eigenvalue weighted by atomic mass is 32.1. The average molecular weight is 392 g/mol. The van der Waals surface area contributed by atoms with Crippen LogP contribution in [0.4, 0.5) is 13.2 Å². The Bertz CT molecular complexity index is 999. The summed E-state index contributed by atoms with van der Waals surface area (Å²) < 4.78 is 44.4. The SMILES string of the molecule is Cc1cc(-c2cccnc2)nc2c(C(=O)NC(C3CC3)C(F)(F)F)nsc12. The number of hydrogen-bond acceptors (Lipinski definition) is 5. The van der Waals surface area contributed by atoms with Crippen LogP contribution in [0.15, 0.2) is 30.6 Å². The zero-order chi connectivity index (χ0) is 19.2. The van der Waals surface area contributed by atoms with E-state index in [4.69, 9.17) is 0 Å². The fourth-order valence-electron chi connectivity index (χ4n) is 2.99. The molecule has 9 heteroatoms. The number of amides is 1. The molecule has 3 heterocycles. The maximum absolute atomic E-state index is 13.2. The van der Waals surface area contributed by atoms with Gasteiger partial charge in [-0.05, 0) is 61.0 Å². The van der Waals surface area contributed by atoms with Gasteiger partial charge >= 0.3 is 6.18 Å². The Hall–Kier alpha value is -2.55. The smallest absolute Gasteiger partial charge is 0.339 e. The fraction of sp³-hybridized carbons (Fsp3) is 0.333. The molecule has 1 saturated carbocycles. The van der Waals surface area contributed by atoms with Gasteiger partial charge in [-0.15, -0.1) is 0 Å². The van der Waals surface area contributed by atoms with Gasteiger partial charge in [0.1, 0.15) is 11.6 Å². The lowest BCUT2D eigenvalue weighted by molar-refractivity contribution is -0.158. The Balaban J connectivity index is 1.71. The van der Waals surface area contributed by atoms with Crippen molar-refractivity contribution in [3.8, 4) is 11.3 Å². The molecule has 140 valence electrons. The Morgan fingerprint density at radius 1 is 1.37 bits per heavy atom. The third kappa shape index (κ3) is 3.51. The molecule has 0 bridgehead atoms. The number of nitrogens with zero attached hydrogens (tertiary/aromatic N) is 3. The van der Waals surface area contributed by atoms with Crippen LogP contribution in [0.2, 0.25) is 0 Å². The van der Waals surface area contributed by atoms with Crippen molar-refractivity contribution < 1.29 is 18.0 Å². The van der Waals surface area contributed by atoms with Gasteiger partial charge in [0.05, 0.1) is 10.4 Å². The van der Waals surface area contributed by atoms with E-state index in [1.807, 2.05) is 19.1 Å². The van der Waals surface area contributed by atoms with Crippen LogP contribution in [0.5, 0.6) is 0 Å². The van der Waals surface area contributed by atoms with Crippen molar-refractivity contribution in [2.75, 3.05) is 0 Å². The molecular weight excluding hydrogens is 377 g/mol. The molecule has 27 heavy (non-hydrogen) atoms. The van der Waals surface area contributed by atoms with Gasteiger partial charge in [0.25, 0.3) is 5.91 Å². The number of alkyl halides is 3. The van der Waals surface area contributed by atoms with Crippen LogP contribution in [-0.4, -0.2) is 32.5 Å². The molecule has 3 aromatic rings. The second kappa shape index (κ2) is 6.56. The summed E-state index contributed by atoms with van der Waals surface area (Å²) >= 11 is 1.06. The van der Waals surface area contributed by atoms with Crippen LogP contribution in [-0.2, 0) is 0 Å². The standard InChI is InChI=1S/C18H15F3N4OS/c1-9-7-12(11-3-2-6-22-8-11)23-13-14(25-27-15(9)13)17(26)24-16(10-4-5-10)18(19,20)21/h2-3,6-8,10,16H,4-5H2,1H3,(H,24,26). The van der Waals surface area contributed by atoms with Gasteiger partial charge < -0.3 is 5.32 Å². The predicted molar refractivity (Wildman–Crippen MR) is 95.4 cm³/mol. The average Bonchev–Trinajstić information content (AvgIpc) is 3.37. The van der Waals surface area contributed by atoms with Crippen LogP contribution in [0.1, 0.15) is 28.9 Å². The third-order valence-electron chi connectivity index (χ3n) is 4.52. The monoisotopic (exact) mass is 392 g/mol. The second-order valence-electron chi connectivity index (χ2n) is 6.61. The van der Waals surface area contributed by atoms with E-state index in [9.17, 15) is 18.0 Å². The third-order valence-corrected chi connectivity index (χ3v) is 5.49. The van der Waals surface area contributed by atoms with Gasteiger partial charge in [-0.2, -0.15) is 17.5 Å². The molecule has 1 fully saturated rings. The Morgan fingerprint density at radius 3 is 2.78 bits per heavy atom. The number of carbonyl (C=O) groups excluding carboxylic acids is 1. The van der Waals surface area contributed by atoms with Crippen molar-refractivity contribution in [3.63, 3.8) is 0 Å². The van der Waals surface area contributed by atoms with E-state index in [0.717, 1.165) is 22.7 Å². The largest absolute Gasteiger partial charge is 0.408 e. The molecule has 1 aliphatic carbocycles. The Kier molecular flexibility index (Phi) is 4.33. The molecule has 4 rings (SSSR count). The first kappa shape index (κ1) is 17.8. The summed E-state index contributed by atoms with van der Waals surface area (Å²) in [5, 5.41) is 2.12. The minimum Gasteiger partial charge on any atom is -0.339 e. The highest BCUT2D eigenvalue weighted by Crippen LogP contribution is 2.40. The lowest BCUT2D eigenvalue weighted by atomic mass is 10.1. The highest BCUT2D eigenvalue weighted by molar-refractivity contribution is 7.13. The number of nitrogens with one attached hydrogen (secondary N) is 1. The van der Waals surface area contributed by atoms with Crippen LogP contribution >= 0.6 is 11.5 Å². The van der Waals surface area contributed by atoms with Crippen LogP contribution in [0, 0.1) is 12.8 Å². The van der Waals surface area contributed by atoms with E-state index in [1.165, 1.54) is 0 Å². The lowest BCUT2D eigenvalue weighted by Crippen LogP contribution is -2.47. The second-order valence-corrected chi connectivity index (χ2v) is 7.38. The number of fused-ring (bicyclic) bond motifs is 1. The molecule has 0 spiro atoms. The molecule has 1 unspecified atom stereocenters. The molecule has 5 nitrogen and oxygen atoms in total. The number of hydrogen-bond donors (Lipinski definition) is 1. The van der Waals surface area contributed by atoms with Crippen LogP contribution in [0.3, 0.4) is 0 Å². The molecule has 0 aromatic carbocycles. The van der Waals surface area contributed by atoms with E-state index < -0.39 is 24.0 Å². The summed E-state index contributed by atoms with van der Waals surface area (Å²) in [4.78, 5) is 21.1. The van der Waals surface area contributed by atoms with Gasteiger partial charge in [0.15, 0.2) is 5.69 Å². The molecule has 3 aromatic heterocycles. The number of aryl methyl sites for hydroxylation is 1. The van der Waals surface area contributed by atoms with Crippen molar-refractivity contribution in [1.29, 1.82) is 0 Å². The van der Waals surface area contributed by atoms with Crippen molar-refractivity contribution in [1.82, 2.24) is 19.7 Å². The molecule has 0 radical (unpaired) electrons. The molecule has 0 aliphatic heterocycles. The topological polar surface area (TPSA) is 67.8 Å². The van der Waals surface area contributed by atoms with Crippen molar-refractivity contribution in [2.24, 2.45) is 5.92 Å². The lowest BCUT2D eigenvalue weighted by Gasteiger charge is -2.20. The zero-order valence-corrected chi connectivity index (χ0v) is 15.1. The van der Waals surface area contributed by atoms with E-state index >= 15 is 0 Å². The first-order valence-corrected chi connectivity index (χ1v) is 9.17. The quantitative estimate of drug-likeness (QED) is 0.725. The number of pyridine rings is 2. The Labute approximate surface area is 156 Å². The van der Waals surface area contributed by atoms with Gasteiger partial charge in [-0.1, -0.05) is 0 Å². The number of aromatic nitrogens is 3. The van der Waals surface area contributed by atoms with Gasteiger partial charge in [0, 0.05) is 18.0 Å². The first-order chi connectivity index (χ1) is 12.8. The van der Waals surface area contributed by atoms with Gasteiger partial charge in [-0.25, -0.2) is 4.98 Å². The molecule has 1 aliphatic rings. The molecule has 1 N–H and O–H groups in total. The van der Waals surface area contributed by atoms with Gasteiger partial charge in [-0.3, -0.25) is 9.78 Å². The van der Waals surface area contributed by atoms with Crippen molar-refractivity contribution in [3.05, 3.63) is 41.9 Å². The zero-order valence-electron chi connectivity index (χ0n) is 14.2. The highest BCUT2D eigenvalue weighted by Gasteiger charge is 2.50. The van der Waals surface area contributed by atoms with Crippen molar-refractivity contribution in [2.45, 2.75) is 32.0 Å². The number of halogens is 3. The van der Waals surface area contributed by atoms with E-state index in [1.54, 1.807) is 18.5 Å². The molecule has 1 atom stereocenters. The summed E-state index contributed by atoms with van der Waals surface area (Å²) in [7, 11) is 0. The maximum Gasteiger partial charge on any atom is 0.408 e. The minimum atomic E-state index is -4.48. The number of carbonyl (C=O) groups is 1. The fourth-order valence-corrected chi connectivity index (χ4v) is 3.77. The van der Waals surface area contributed by atoms with E-state index in [-0.39, 0.29) is 5.69 Å². The predicted octanol–water partition coefficient (Wildman–Crippen LogP) is 4.13. The molecule has 1 amide bonds. The van der Waals surface area contributed by atoms with E-state index in [2.05, 4.69) is 19.7 Å². The Morgan fingerprint density at radius 2 is 2.15 bits per heavy atom. The minimum absolute atomic E-state index is 0.0706. The summed E-state index contributed by atoms with van der Waals surface area (Å²) in [6, 6.07) is 3.60. The van der Waals surface area contributed by atoms with Crippen LogP contribution < -0.4 is 5.32 Å². The van der Waals surface area contributed by atoms with E-state index in [0.29, 0.717) is 28.8 Å². The molecular formula is C18H15F3N4OS. The summed E-state index contributed by atoms with van der Waals surface area (Å²) in [6.07, 6.45) is -0.280. The summed E-state index contributed by atoms with van der Waals surface area (Å²) in [6.45, 7) is 1.85. The normalized spacial score (nSPS) is 15.7. The van der Waals surface area contributed by atoms with Crippen molar-refractivity contribution >= 4 is 27.7 Å². The summed E-state index contributed by atoms with van der Waals surface area (Å²) in [5.74, 6) is -1.40. The maximum atomic E-state index is 13.2. The molecule has 0 saturated heterocycles. The van der Waals surface area contributed by atoms with Crippen LogP contribution in [0.25, 0.3) is 21.5 Å². The summed E-state index contributed by atoms with van der Waals surface area (Å²) in [5.41, 5.74) is 2.44. The van der Waals surface area contributed by atoms with Gasteiger partial charge in [0.2, 0.25) is 0 Å². The number of rotatable bonds is 4. The first-order valence-electron chi connectivity index (χ1n) is 8.39.